The molecule has 0 aliphatic carbocycles. The monoisotopic (exact) mass is 271 g/mol. The van der Waals surface area contributed by atoms with E-state index in [1.165, 1.54) is 12.3 Å². The topological polar surface area (TPSA) is 93.5 Å². The largest absolute Gasteiger partial charge is 0.481 e. The predicted octanol–water partition coefficient (Wildman–Crippen LogP) is 2.75. The molecule has 3 rings (SSSR count). The first-order chi connectivity index (χ1) is 9.65. The number of aromatic nitrogens is 1. The lowest BCUT2D eigenvalue weighted by molar-refractivity contribution is -0.135. The molecular weight excluding hydrogens is 262 g/mol. The van der Waals surface area contributed by atoms with Crippen LogP contribution < -0.4 is 0 Å². The van der Waals surface area contributed by atoms with Crippen LogP contribution in [0.15, 0.2) is 45.9 Å². The van der Waals surface area contributed by atoms with Crippen molar-refractivity contribution in [3.8, 4) is 11.1 Å². The van der Waals surface area contributed by atoms with Gasteiger partial charge in [0.25, 0.3) is 0 Å². The summed E-state index contributed by atoms with van der Waals surface area (Å²) in [5.41, 5.74) is 2.05. The maximum absolute atomic E-state index is 11.6. The number of carbonyl (C=O) groups is 2. The Hall–Kier alpha value is -2.89. The molecule has 20 heavy (non-hydrogen) atoms. The van der Waals surface area contributed by atoms with Gasteiger partial charge < -0.3 is 13.9 Å². The highest BCUT2D eigenvalue weighted by atomic mass is 16.4. The molecule has 0 radical (unpaired) electrons. The number of rotatable bonds is 4. The molecule has 100 valence electrons. The minimum atomic E-state index is -1.19. The van der Waals surface area contributed by atoms with E-state index in [4.69, 9.17) is 13.9 Å². The van der Waals surface area contributed by atoms with Gasteiger partial charge in [-0.2, -0.15) is 0 Å². The Labute approximate surface area is 112 Å². The summed E-state index contributed by atoms with van der Waals surface area (Å²) >= 11 is 0. The molecule has 1 N–H and O–H groups in total. The van der Waals surface area contributed by atoms with Crippen LogP contribution in [0.25, 0.3) is 22.1 Å². The summed E-state index contributed by atoms with van der Waals surface area (Å²) in [6.07, 6.45) is 5.58. The molecule has 6 nitrogen and oxygen atoms in total. The zero-order valence-electron chi connectivity index (χ0n) is 10.2. The lowest BCUT2D eigenvalue weighted by Gasteiger charge is -1.91. The standard InChI is InChI=1S/C14H9NO5/c16-11(4-14(17)18)12-3-8(6-19-12)10-7-20-13-5-15-2-1-9(10)13/h1-3,5-7H,4H2,(H,17,18). The van der Waals surface area contributed by atoms with Gasteiger partial charge in [-0.15, -0.1) is 0 Å². The molecule has 0 saturated heterocycles. The van der Waals surface area contributed by atoms with Crippen molar-refractivity contribution in [2.45, 2.75) is 6.42 Å². The molecule has 0 saturated carbocycles. The Morgan fingerprint density at radius 2 is 2.10 bits per heavy atom. The van der Waals surface area contributed by atoms with Crippen molar-refractivity contribution < 1.29 is 23.5 Å². The summed E-state index contributed by atoms with van der Waals surface area (Å²) in [4.78, 5) is 26.1. The Morgan fingerprint density at radius 1 is 1.25 bits per heavy atom. The molecule has 0 unspecified atom stereocenters. The van der Waals surface area contributed by atoms with E-state index in [2.05, 4.69) is 4.98 Å². The van der Waals surface area contributed by atoms with E-state index in [-0.39, 0.29) is 5.76 Å². The molecule has 0 aliphatic heterocycles. The van der Waals surface area contributed by atoms with Crippen LogP contribution in [-0.2, 0) is 4.79 Å². The number of pyridine rings is 1. The number of aliphatic carboxylic acids is 1. The fourth-order valence-corrected chi connectivity index (χ4v) is 1.95. The number of fused-ring (bicyclic) bond motifs is 1. The van der Waals surface area contributed by atoms with Crippen LogP contribution in [0, 0.1) is 0 Å². The van der Waals surface area contributed by atoms with E-state index in [0.717, 1.165) is 10.9 Å². The highest BCUT2D eigenvalue weighted by Gasteiger charge is 2.17. The molecule has 0 fully saturated rings. The Balaban J connectivity index is 1.98. The van der Waals surface area contributed by atoms with E-state index in [0.29, 0.717) is 11.1 Å². The number of carboxylic acid groups (broad SMARTS) is 1. The summed E-state index contributed by atoms with van der Waals surface area (Å²) in [6, 6.07) is 3.30. The zero-order chi connectivity index (χ0) is 14.1. The third-order valence-corrected chi connectivity index (χ3v) is 2.88. The molecule has 0 aromatic carbocycles. The summed E-state index contributed by atoms with van der Waals surface area (Å²) in [5, 5.41) is 9.44. The van der Waals surface area contributed by atoms with Crippen molar-refractivity contribution >= 4 is 22.7 Å². The van der Waals surface area contributed by atoms with Crippen molar-refractivity contribution in [2.24, 2.45) is 0 Å². The minimum absolute atomic E-state index is 0.0193. The molecular formula is C14H9NO5. The van der Waals surface area contributed by atoms with E-state index in [1.54, 1.807) is 24.7 Å². The molecule has 3 aromatic heterocycles. The number of carbonyl (C=O) groups excluding carboxylic acids is 1. The van der Waals surface area contributed by atoms with Crippen LogP contribution in [0.5, 0.6) is 0 Å². The Morgan fingerprint density at radius 3 is 2.90 bits per heavy atom. The maximum atomic E-state index is 11.6. The average Bonchev–Trinajstić information content (AvgIpc) is 3.04. The van der Waals surface area contributed by atoms with E-state index < -0.39 is 18.2 Å². The second kappa shape index (κ2) is 4.65. The number of carboxylic acids is 1. The smallest absolute Gasteiger partial charge is 0.311 e. The van der Waals surface area contributed by atoms with Gasteiger partial charge in [0.2, 0.25) is 5.78 Å². The quantitative estimate of drug-likeness (QED) is 0.579. The number of hydrogen-bond acceptors (Lipinski definition) is 5. The van der Waals surface area contributed by atoms with Crippen LogP contribution in [0.2, 0.25) is 0 Å². The Bertz CT molecular complexity index is 799. The van der Waals surface area contributed by atoms with Gasteiger partial charge in [0.15, 0.2) is 11.3 Å². The highest BCUT2D eigenvalue weighted by molar-refractivity contribution is 6.05. The van der Waals surface area contributed by atoms with Crippen molar-refractivity contribution in [3.05, 3.63) is 42.8 Å². The number of furan rings is 2. The third-order valence-electron chi connectivity index (χ3n) is 2.88. The molecule has 3 heterocycles. The van der Waals surface area contributed by atoms with Gasteiger partial charge in [-0.25, -0.2) is 0 Å². The molecule has 0 aliphatic rings. The van der Waals surface area contributed by atoms with Crippen molar-refractivity contribution in [3.63, 3.8) is 0 Å². The van der Waals surface area contributed by atoms with Crippen molar-refractivity contribution in [1.82, 2.24) is 4.98 Å². The number of ketones is 1. The fraction of sp³-hybridized carbons (Fsp3) is 0.0714. The first kappa shape index (κ1) is 12.2. The second-order valence-electron chi connectivity index (χ2n) is 4.21. The minimum Gasteiger partial charge on any atom is -0.481 e. The third kappa shape index (κ3) is 2.07. The van der Waals surface area contributed by atoms with Gasteiger partial charge in [0.05, 0.1) is 18.7 Å². The highest BCUT2D eigenvalue weighted by Crippen LogP contribution is 2.31. The Kier molecular flexibility index (Phi) is 2.83. The molecule has 0 spiro atoms. The number of Topliss-reactive ketones (excluding diaryl/α,β-unsaturated/α-hetero) is 1. The zero-order valence-corrected chi connectivity index (χ0v) is 10.2. The number of nitrogens with zero attached hydrogens (tertiary/aromatic N) is 1. The summed E-state index contributed by atoms with van der Waals surface area (Å²) < 4.78 is 10.5. The van der Waals surface area contributed by atoms with Gasteiger partial charge in [0.1, 0.15) is 6.42 Å². The molecule has 0 bridgehead atoms. The van der Waals surface area contributed by atoms with Crippen LogP contribution in [0.1, 0.15) is 17.0 Å². The molecule has 3 aromatic rings. The lowest BCUT2D eigenvalue weighted by Crippen LogP contribution is -2.05. The molecule has 6 heteroatoms. The average molecular weight is 271 g/mol. The van der Waals surface area contributed by atoms with E-state index >= 15 is 0 Å². The molecule has 0 amide bonds. The first-order valence-electron chi connectivity index (χ1n) is 5.80. The van der Waals surface area contributed by atoms with Gasteiger partial charge in [-0.1, -0.05) is 0 Å². The SMILES string of the molecule is O=C(O)CC(=O)c1cc(-c2coc3cnccc23)co1. The van der Waals surface area contributed by atoms with Gasteiger partial charge >= 0.3 is 5.97 Å². The van der Waals surface area contributed by atoms with E-state index in [9.17, 15) is 9.59 Å². The predicted molar refractivity (Wildman–Crippen MR) is 68.3 cm³/mol. The first-order valence-corrected chi connectivity index (χ1v) is 5.80. The number of hydrogen-bond donors (Lipinski definition) is 1. The summed E-state index contributed by atoms with van der Waals surface area (Å²) in [6.45, 7) is 0. The molecule has 0 atom stereocenters. The summed E-state index contributed by atoms with van der Waals surface area (Å²) in [7, 11) is 0. The lowest BCUT2D eigenvalue weighted by atomic mass is 10.1. The van der Waals surface area contributed by atoms with Crippen molar-refractivity contribution in [2.75, 3.05) is 0 Å². The van der Waals surface area contributed by atoms with Crippen LogP contribution in [-0.4, -0.2) is 21.8 Å². The fourth-order valence-electron chi connectivity index (χ4n) is 1.95. The van der Waals surface area contributed by atoms with Crippen LogP contribution in [0.3, 0.4) is 0 Å². The van der Waals surface area contributed by atoms with E-state index in [1.807, 2.05) is 0 Å². The maximum Gasteiger partial charge on any atom is 0.311 e. The van der Waals surface area contributed by atoms with Gasteiger partial charge in [-0.3, -0.25) is 14.6 Å². The van der Waals surface area contributed by atoms with Crippen LogP contribution >= 0.6 is 0 Å². The summed E-state index contributed by atoms with van der Waals surface area (Å²) in [5.74, 6) is -1.74. The van der Waals surface area contributed by atoms with Crippen molar-refractivity contribution in [1.29, 1.82) is 0 Å². The van der Waals surface area contributed by atoms with Gasteiger partial charge in [-0.05, 0) is 12.1 Å². The van der Waals surface area contributed by atoms with Gasteiger partial charge in [0, 0.05) is 22.7 Å². The normalized spacial score (nSPS) is 10.8. The second-order valence-corrected chi connectivity index (χ2v) is 4.21. The van der Waals surface area contributed by atoms with Crippen LogP contribution in [0.4, 0.5) is 0 Å².